The van der Waals surface area contributed by atoms with Crippen LogP contribution in [-0.4, -0.2) is 16.3 Å². The van der Waals surface area contributed by atoms with Gasteiger partial charge >= 0.3 is 0 Å². The zero-order valence-corrected chi connectivity index (χ0v) is 6.93. The molecule has 0 radical (unpaired) electrons. The zero-order chi connectivity index (χ0) is 10.6. The van der Waals surface area contributed by atoms with Crippen LogP contribution in [0, 0.1) is 22.0 Å². The van der Waals surface area contributed by atoms with Gasteiger partial charge in [-0.2, -0.15) is 0 Å². The van der Waals surface area contributed by atoms with E-state index >= 15 is 0 Å². The van der Waals surface area contributed by atoms with Gasteiger partial charge in [0.25, 0.3) is 5.69 Å². The lowest BCUT2D eigenvalue weighted by molar-refractivity contribution is -0.384. The normalized spacial score (nSPS) is 8.57. The third kappa shape index (κ3) is 2.08. The number of carbonyl (C=O) groups excluding carboxylic acids is 1. The average molecular weight is 191 g/mol. The first-order valence-corrected chi connectivity index (χ1v) is 3.57. The van der Waals surface area contributed by atoms with E-state index < -0.39 is 4.92 Å². The van der Waals surface area contributed by atoms with Gasteiger partial charge in [0, 0.05) is 12.1 Å². The van der Waals surface area contributed by atoms with E-state index in [1.807, 2.05) is 0 Å². The second-order valence-corrected chi connectivity index (χ2v) is 2.35. The molecule has 0 aliphatic carbocycles. The number of hydrogen-bond donors (Lipinski definition) is 1. The molecule has 0 saturated carbocycles. The molecule has 0 saturated heterocycles. The monoisotopic (exact) mass is 191 g/mol. The quantitative estimate of drug-likeness (QED) is 0.309. The molecule has 0 heterocycles. The van der Waals surface area contributed by atoms with Crippen molar-refractivity contribution in [2.75, 3.05) is 0 Å². The van der Waals surface area contributed by atoms with Crippen LogP contribution < -0.4 is 0 Å². The van der Waals surface area contributed by atoms with E-state index in [9.17, 15) is 20.0 Å². The standard InChI is InChI=1S/C9H5NO4/c11-5-1-2-7-6-8(10(13)14)3-4-9(7)12/h3-6,12H. The summed E-state index contributed by atoms with van der Waals surface area (Å²) in [5, 5.41) is 19.5. The number of non-ortho nitro benzene ring substituents is 1. The van der Waals surface area contributed by atoms with Crippen LogP contribution in [0.1, 0.15) is 5.56 Å². The Morgan fingerprint density at radius 3 is 2.79 bits per heavy atom. The van der Waals surface area contributed by atoms with Gasteiger partial charge in [-0.3, -0.25) is 14.9 Å². The van der Waals surface area contributed by atoms with E-state index in [0.29, 0.717) is 6.29 Å². The fourth-order valence-corrected chi connectivity index (χ4v) is 0.845. The number of benzene rings is 1. The molecule has 1 rings (SSSR count). The molecule has 0 fully saturated rings. The van der Waals surface area contributed by atoms with Gasteiger partial charge in [0.05, 0.1) is 10.5 Å². The van der Waals surface area contributed by atoms with Crippen LogP contribution in [0.5, 0.6) is 5.75 Å². The minimum absolute atomic E-state index is 0.0614. The lowest BCUT2D eigenvalue weighted by atomic mass is 10.2. The number of carbonyl (C=O) groups is 1. The maximum atomic E-state index is 10.3. The number of aldehydes is 1. The number of phenolic OH excluding ortho intramolecular Hbond substituents is 1. The highest BCUT2D eigenvalue weighted by atomic mass is 16.6. The molecule has 0 bridgehead atoms. The molecule has 0 aliphatic heterocycles. The fourth-order valence-electron chi connectivity index (χ4n) is 0.845. The van der Waals surface area contributed by atoms with E-state index in [2.05, 4.69) is 11.8 Å². The number of aromatic hydroxyl groups is 1. The molecule has 0 unspecified atom stereocenters. The Labute approximate surface area is 79.1 Å². The first-order valence-electron chi connectivity index (χ1n) is 3.57. The minimum Gasteiger partial charge on any atom is -0.507 e. The first kappa shape index (κ1) is 9.74. The Bertz CT molecular complexity index is 442. The summed E-state index contributed by atoms with van der Waals surface area (Å²) in [5.74, 6) is 4.15. The molecule has 1 N–H and O–H groups in total. The van der Waals surface area contributed by atoms with Crippen LogP contribution in [0.4, 0.5) is 5.69 Å². The molecule has 1 aromatic carbocycles. The van der Waals surface area contributed by atoms with Crippen LogP contribution in [0.25, 0.3) is 0 Å². The predicted octanol–water partition coefficient (Wildman–Crippen LogP) is 0.851. The van der Waals surface area contributed by atoms with Crippen molar-refractivity contribution in [3.63, 3.8) is 0 Å². The molecule has 0 atom stereocenters. The lowest BCUT2D eigenvalue weighted by Crippen LogP contribution is -1.88. The maximum Gasteiger partial charge on any atom is 0.270 e. The van der Waals surface area contributed by atoms with Crippen molar-refractivity contribution in [2.24, 2.45) is 0 Å². The van der Waals surface area contributed by atoms with E-state index in [4.69, 9.17) is 0 Å². The van der Waals surface area contributed by atoms with Crippen molar-refractivity contribution < 1.29 is 14.8 Å². The van der Waals surface area contributed by atoms with Gasteiger partial charge in [-0.25, -0.2) is 0 Å². The average Bonchev–Trinajstić information content (AvgIpc) is 2.16. The summed E-state index contributed by atoms with van der Waals surface area (Å²) in [6, 6.07) is 3.42. The molecule has 0 spiro atoms. The molecule has 0 amide bonds. The number of nitrogens with zero attached hydrogens (tertiary/aromatic N) is 1. The van der Waals surface area contributed by atoms with E-state index in [0.717, 1.165) is 18.2 Å². The first-order chi connectivity index (χ1) is 6.65. The lowest BCUT2D eigenvalue weighted by Gasteiger charge is -1.95. The third-order valence-electron chi connectivity index (χ3n) is 1.46. The topological polar surface area (TPSA) is 80.4 Å². The summed E-state index contributed by atoms with van der Waals surface area (Å²) < 4.78 is 0. The van der Waals surface area contributed by atoms with Gasteiger partial charge in [0.2, 0.25) is 0 Å². The molecular formula is C9H5NO4. The van der Waals surface area contributed by atoms with Gasteiger partial charge in [-0.05, 0) is 12.0 Å². The number of rotatable bonds is 1. The summed E-state index contributed by atoms with van der Waals surface area (Å²) in [6.07, 6.45) is 0.346. The number of nitro benzene ring substituents is 1. The highest BCUT2D eigenvalue weighted by Crippen LogP contribution is 2.21. The Kier molecular flexibility index (Phi) is 2.82. The molecule has 5 nitrogen and oxygen atoms in total. The van der Waals surface area contributed by atoms with Crippen molar-refractivity contribution >= 4 is 12.0 Å². The Morgan fingerprint density at radius 1 is 1.50 bits per heavy atom. The molecule has 0 aromatic heterocycles. The third-order valence-corrected chi connectivity index (χ3v) is 1.46. The molecule has 14 heavy (non-hydrogen) atoms. The van der Waals surface area contributed by atoms with Crippen molar-refractivity contribution in [2.45, 2.75) is 0 Å². The van der Waals surface area contributed by atoms with Crippen molar-refractivity contribution in [1.29, 1.82) is 0 Å². The van der Waals surface area contributed by atoms with Crippen LogP contribution in [0.15, 0.2) is 18.2 Å². The molecule has 70 valence electrons. The van der Waals surface area contributed by atoms with Crippen molar-refractivity contribution in [1.82, 2.24) is 0 Å². The van der Waals surface area contributed by atoms with E-state index in [1.54, 1.807) is 0 Å². The van der Waals surface area contributed by atoms with Crippen LogP contribution in [0.2, 0.25) is 0 Å². The highest BCUT2D eigenvalue weighted by molar-refractivity contribution is 5.74. The molecule has 5 heteroatoms. The minimum atomic E-state index is -0.606. The second-order valence-electron chi connectivity index (χ2n) is 2.35. The van der Waals surface area contributed by atoms with Gasteiger partial charge in [-0.1, -0.05) is 5.92 Å². The van der Waals surface area contributed by atoms with Gasteiger partial charge in [0.15, 0.2) is 6.29 Å². The smallest absolute Gasteiger partial charge is 0.270 e. The fraction of sp³-hybridized carbons (Fsp3) is 0. The maximum absolute atomic E-state index is 10.3. The van der Waals surface area contributed by atoms with Crippen molar-refractivity contribution in [3.05, 3.63) is 33.9 Å². The van der Waals surface area contributed by atoms with Gasteiger partial charge < -0.3 is 5.11 Å². The largest absolute Gasteiger partial charge is 0.507 e. The van der Waals surface area contributed by atoms with Crippen LogP contribution >= 0.6 is 0 Å². The van der Waals surface area contributed by atoms with Gasteiger partial charge in [0.1, 0.15) is 5.75 Å². The Balaban J connectivity index is 3.21. The zero-order valence-electron chi connectivity index (χ0n) is 6.93. The van der Waals surface area contributed by atoms with Crippen LogP contribution in [0.3, 0.4) is 0 Å². The summed E-state index contributed by atoms with van der Waals surface area (Å²) >= 11 is 0. The summed E-state index contributed by atoms with van der Waals surface area (Å²) in [4.78, 5) is 19.7. The Hall–Kier alpha value is -2.35. The summed E-state index contributed by atoms with van der Waals surface area (Å²) in [6.45, 7) is 0. The molecular weight excluding hydrogens is 186 g/mol. The summed E-state index contributed by atoms with van der Waals surface area (Å²) in [7, 11) is 0. The highest BCUT2D eigenvalue weighted by Gasteiger charge is 2.08. The van der Waals surface area contributed by atoms with E-state index in [-0.39, 0.29) is 17.0 Å². The number of hydrogen-bond acceptors (Lipinski definition) is 4. The van der Waals surface area contributed by atoms with Gasteiger partial charge in [-0.15, -0.1) is 0 Å². The predicted molar refractivity (Wildman–Crippen MR) is 47.7 cm³/mol. The second kappa shape index (κ2) is 4.05. The summed E-state index contributed by atoms with van der Waals surface area (Å²) in [5.41, 5.74) is -0.121. The SMILES string of the molecule is O=CC#Cc1cc([N+](=O)[O-])ccc1O. The Morgan fingerprint density at radius 2 is 2.21 bits per heavy atom. The number of phenols is 1. The van der Waals surface area contributed by atoms with E-state index in [1.165, 1.54) is 0 Å². The number of nitro groups is 1. The van der Waals surface area contributed by atoms with Crippen molar-refractivity contribution in [3.8, 4) is 17.6 Å². The molecule has 1 aromatic rings. The van der Waals surface area contributed by atoms with Crippen LogP contribution in [-0.2, 0) is 4.79 Å². The molecule has 0 aliphatic rings.